The first-order valence-corrected chi connectivity index (χ1v) is 8.89. The summed E-state index contributed by atoms with van der Waals surface area (Å²) in [5, 5.41) is 57.2. The fourth-order valence-electron chi connectivity index (χ4n) is 3.13. The van der Waals surface area contributed by atoms with Crippen molar-refractivity contribution in [1.82, 2.24) is 0 Å². The van der Waals surface area contributed by atoms with Gasteiger partial charge in [0.15, 0.2) is 34.5 Å². The summed E-state index contributed by atoms with van der Waals surface area (Å²) >= 11 is 0. The summed E-state index contributed by atoms with van der Waals surface area (Å²) in [6, 6.07) is 13.7. The zero-order chi connectivity index (χ0) is 20.3. The molecule has 3 rings (SSSR count). The number of benzene rings is 3. The molecule has 0 atom stereocenters. The van der Waals surface area contributed by atoms with E-state index in [0.717, 1.165) is 11.1 Å². The zero-order valence-corrected chi connectivity index (χ0v) is 15.1. The minimum Gasteiger partial charge on any atom is -0.504 e. The maximum atomic E-state index is 9.60. The van der Waals surface area contributed by atoms with E-state index in [9.17, 15) is 30.6 Å². The third-order valence-corrected chi connectivity index (χ3v) is 4.66. The molecule has 0 fully saturated rings. The van der Waals surface area contributed by atoms with Gasteiger partial charge in [-0.2, -0.15) is 0 Å². The molecular formula is C22H22O6. The van der Waals surface area contributed by atoms with Crippen molar-refractivity contribution in [1.29, 1.82) is 0 Å². The molecule has 6 N–H and O–H groups in total. The minimum atomic E-state index is -0.517. The summed E-state index contributed by atoms with van der Waals surface area (Å²) in [5.41, 5.74) is 3.60. The number of hydrogen-bond donors (Lipinski definition) is 6. The Morgan fingerprint density at radius 3 is 1.11 bits per heavy atom. The Kier molecular flexibility index (Phi) is 5.49. The van der Waals surface area contributed by atoms with E-state index in [0.29, 0.717) is 36.8 Å². The van der Waals surface area contributed by atoms with Gasteiger partial charge >= 0.3 is 0 Å². The molecule has 0 aliphatic heterocycles. The Bertz CT molecular complexity index is 873. The van der Waals surface area contributed by atoms with Crippen LogP contribution in [0.5, 0.6) is 34.5 Å². The lowest BCUT2D eigenvalue weighted by atomic mass is 9.99. The average molecular weight is 382 g/mol. The standard InChI is InChI=1S/C22H22O6/c23-17-9-15(10-18(24)21(17)27)6-4-13-2-1-3-14(8-13)5-7-16-11-19(25)22(28)20(26)12-16/h1-3,8-12,23-28H,4-7H2. The van der Waals surface area contributed by atoms with Gasteiger partial charge in [-0.25, -0.2) is 0 Å². The summed E-state index contributed by atoms with van der Waals surface area (Å²) in [5.74, 6) is -2.41. The Labute approximate surface area is 162 Å². The van der Waals surface area contributed by atoms with Gasteiger partial charge in [0.05, 0.1) is 0 Å². The van der Waals surface area contributed by atoms with Gasteiger partial charge in [0.25, 0.3) is 0 Å². The Balaban J connectivity index is 1.64. The molecule has 146 valence electrons. The molecule has 0 bridgehead atoms. The van der Waals surface area contributed by atoms with Gasteiger partial charge in [0, 0.05) is 0 Å². The molecule has 0 saturated heterocycles. The largest absolute Gasteiger partial charge is 0.504 e. The van der Waals surface area contributed by atoms with E-state index in [4.69, 9.17) is 0 Å². The first-order valence-electron chi connectivity index (χ1n) is 8.89. The summed E-state index contributed by atoms with van der Waals surface area (Å²) in [6.07, 6.45) is 2.56. The first kappa shape index (κ1) is 19.2. The molecule has 0 amide bonds. The van der Waals surface area contributed by atoms with Crippen molar-refractivity contribution in [3.8, 4) is 34.5 Å². The van der Waals surface area contributed by atoms with Crippen LogP contribution in [0.15, 0.2) is 48.5 Å². The van der Waals surface area contributed by atoms with Crippen molar-refractivity contribution in [2.75, 3.05) is 0 Å². The van der Waals surface area contributed by atoms with E-state index in [1.807, 2.05) is 18.2 Å². The number of aryl methyl sites for hydroxylation is 4. The highest BCUT2D eigenvalue weighted by molar-refractivity contribution is 5.52. The van der Waals surface area contributed by atoms with Crippen molar-refractivity contribution >= 4 is 0 Å². The van der Waals surface area contributed by atoms with Crippen LogP contribution in [-0.2, 0) is 25.7 Å². The van der Waals surface area contributed by atoms with Crippen LogP contribution in [0.2, 0.25) is 0 Å². The quantitative estimate of drug-likeness (QED) is 0.363. The molecule has 3 aromatic carbocycles. The van der Waals surface area contributed by atoms with Crippen LogP contribution >= 0.6 is 0 Å². The van der Waals surface area contributed by atoms with Gasteiger partial charge in [0.1, 0.15) is 0 Å². The van der Waals surface area contributed by atoms with Crippen LogP contribution in [0, 0.1) is 0 Å². The second-order valence-corrected chi connectivity index (χ2v) is 6.79. The average Bonchev–Trinajstić information content (AvgIpc) is 2.67. The molecule has 0 heterocycles. The van der Waals surface area contributed by atoms with Crippen LogP contribution in [0.4, 0.5) is 0 Å². The van der Waals surface area contributed by atoms with Gasteiger partial charge in [-0.15, -0.1) is 0 Å². The normalized spacial score (nSPS) is 10.9. The number of phenolic OH excluding ortho intramolecular Hbond substituents is 6. The van der Waals surface area contributed by atoms with E-state index in [1.54, 1.807) is 0 Å². The molecule has 6 nitrogen and oxygen atoms in total. The van der Waals surface area contributed by atoms with E-state index in [1.165, 1.54) is 24.3 Å². The van der Waals surface area contributed by atoms with Gasteiger partial charge in [-0.05, 0) is 72.2 Å². The molecule has 0 spiro atoms. The number of hydrogen-bond acceptors (Lipinski definition) is 6. The van der Waals surface area contributed by atoms with Crippen molar-refractivity contribution < 1.29 is 30.6 Å². The summed E-state index contributed by atoms with van der Waals surface area (Å²) < 4.78 is 0. The second-order valence-electron chi connectivity index (χ2n) is 6.79. The number of phenols is 6. The van der Waals surface area contributed by atoms with E-state index in [2.05, 4.69) is 6.07 Å². The van der Waals surface area contributed by atoms with E-state index in [-0.39, 0.29) is 23.0 Å². The molecule has 0 aromatic heterocycles. The molecule has 0 radical (unpaired) electrons. The third-order valence-electron chi connectivity index (χ3n) is 4.66. The Morgan fingerprint density at radius 2 is 0.750 bits per heavy atom. The molecule has 0 saturated carbocycles. The van der Waals surface area contributed by atoms with Crippen LogP contribution in [0.25, 0.3) is 0 Å². The maximum Gasteiger partial charge on any atom is 0.200 e. The Hall–Kier alpha value is -3.54. The molecule has 3 aromatic rings. The molecule has 28 heavy (non-hydrogen) atoms. The zero-order valence-electron chi connectivity index (χ0n) is 15.1. The van der Waals surface area contributed by atoms with E-state index >= 15 is 0 Å². The maximum absolute atomic E-state index is 9.60. The van der Waals surface area contributed by atoms with Gasteiger partial charge in [-0.1, -0.05) is 24.3 Å². The smallest absolute Gasteiger partial charge is 0.200 e. The van der Waals surface area contributed by atoms with Gasteiger partial charge < -0.3 is 30.6 Å². The fraction of sp³-hybridized carbons (Fsp3) is 0.182. The van der Waals surface area contributed by atoms with Crippen molar-refractivity contribution in [2.45, 2.75) is 25.7 Å². The summed E-state index contributed by atoms with van der Waals surface area (Å²) in [6.45, 7) is 0. The predicted octanol–water partition coefficient (Wildman–Crippen LogP) is 3.49. The lowest BCUT2D eigenvalue weighted by Crippen LogP contribution is -1.95. The van der Waals surface area contributed by atoms with Crippen LogP contribution in [-0.4, -0.2) is 30.6 Å². The van der Waals surface area contributed by atoms with Gasteiger partial charge in [0.2, 0.25) is 0 Å². The second kappa shape index (κ2) is 8.00. The van der Waals surface area contributed by atoms with Crippen molar-refractivity contribution in [2.24, 2.45) is 0 Å². The summed E-state index contributed by atoms with van der Waals surface area (Å²) in [7, 11) is 0. The highest BCUT2D eigenvalue weighted by atomic mass is 16.3. The van der Waals surface area contributed by atoms with Gasteiger partial charge in [-0.3, -0.25) is 0 Å². The summed E-state index contributed by atoms with van der Waals surface area (Å²) in [4.78, 5) is 0. The van der Waals surface area contributed by atoms with Crippen molar-refractivity contribution in [3.63, 3.8) is 0 Å². The molecule has 0 aliphatic rings. The fourth-order valence-corrected chi connectivity index (χ4v) is 3.13. The van der Waals surface area contributed by atoms with Crippen LogP contribution in [0.1, 0.15) is 22.3 Å². The third kappa shape index (κ3) is 4.40. The van der Waals surface area contributed by atoms with Crippen molar-refractivity contribution in [3.05, 3.63) is 70.8 Å². The monoisotopic (exact) mass is 382 g/mol. The number of aromatic hydroxyl groups is 6. The molecule has 0 unspecified atom stereocenters. The number of rotatable bonds is 6. The first-order chi connectivity index (χ1) is 13.3. The molecule has 0 aliphatic carbocycles. The minimum absolute atomic E-state index is 0.343. The predicted molar refractivity (Wildman–Crippen MR) is 104 cm³/mol. The Morgan fingerprint density at radius 1 is 0.429 bits per heavy atom. The topological polar surface area (TPSA) is 121 Å². The molecule has 6 heteroatoms. The van der Waals surface area contributed by atoms with E-state index < -0.39 is 11.5 Å². The lowest BCUT2D eigenvalue weighted by Gasteiger charge is -2.09. The highest BCUT2D eigenvalue weighted by Gasteiger charge is 2.10. The molecular weight excluding hydrogens is 360 g/mol. The lowest BCUT2D eigenvalue weighted by molar-refractivity contribution is 0.367. The SMILES string of the molecule is Oc1cc(CCc2cccc(CCc3cc(O)c(O)c(O)c3)c2)cc(O)c1O. The highest BCUT2D eigenvalue weighted by Crippen LogP contribution is 2.36. The van der Waals surface area contributed by atoms with Crippen LogP contribution in [0.3, 0.4) is 0 Å². The van der Waals surface area contributed by atoms with Crippen LogP contribution < -0.4 is 0 Å².